The van der Waals surface area contributed by atoms with Gasteiger partial charge in [-0.25, -0.2) is 4.79 Å². The minimum absolute atomic E-state index is 0.135. The molecule has 0 amide bonds. The predicted molar refractivity (Wildman–Crippen MR) is 61.4 cm³/mol. The molecule has 1 rings (SSSR count). The van der Waals surface area contributed by atoms with Crippen LogP contribution in [0.2, 0.25) is 0 Å². The smallest absolute Gasteiger partial charge is 0.330 e. The van der Waals surface area contributed by atoms with Crippen molar-refractivity contribution in [2.45, 2.75) is 26.7 Å². The van der Waals surface area contributed by atoms with Gasteiger partial charge in [0.05, 0.1) is 6.61 Å². The summed E-state index contributed by atoms with van der Waals surface area (Å²) < 4.78 is 5.00. The molecular weight excluding hydrogens is 188 g/mol. The molecule has 2 nitrogen and oxygen atoms in total. The SMILES string of the molecule is C=CC(=O)OCCC1(C)CC=CC=C1C. The fourth-order valence-electron chi connectivity index (χ4n) is 1.64. The summed E-state index contributed by atoms with van der Waals surface area (Å²) in [5, 5.41) is 0. The topological polar surface area (TPSA) is 26.3 Å². The highest BCUT2D eigenvalue weighted by atomic mass is 16.5. The molecule has 0 aliphatic heterocycles. The van der Waals surface area contributed by atoms with Crippen LogP contribution in [0.1, 0.15) is 26.7 Å². The average Bonchev–Trinajstić information content (AvgIpc) is 2.22. The summed E-state index contributed by atoms with van der Waals surface area (Å²) in [5.74, 6) is -0.341. The first-order valence-electron chi connectivity index (χ1n) is 5.21. The van der Waals surface area contributed by atoms with Crippen LogP contribution >= 0.6 is 0 Å². The Morgan fingerprint density at radius 1 is 1.73 bits per heavy atom. The number of hydrogen-bond donors (Lipinski definition) is 0. The van der Waals surface area contributed by atoms with Crippen molar-refractivity contribution in [2.75, 3.05) is 6.61 Å². The molecule has 2 heteroatoms. The van der Waals surface area contributed by atoms with E-state index < -0.39 is 0 Å². The Morgan fingerprint density at radius 2 is 2.47 bits per heavy atom. The van der Waals surface area contributed by atoms with Crippen molar-refractivity contribution in [3.8, 4) is 0 Å². The Morgan fingerprint density at radius 3 is 3.07 bits per heavy atom. The van der Waals surface area contributed by atoms with Gasteiger partial charge in [0.1, 0.15) is 0 Å². The van der Waals surface area contributed by atoms with Gasteiger partial charge in [-0.15, -0.1) is 0 Å². The second-order valence-electron chi connectivity index (χ2n) is 4.16. The molecule has 0 saturated carbocycles. The van der Waals surface area contributed by atoms with Crippen LogP contribution < -0.4 is 0 Å². The van der Waals surface area contributed by atoms with Crippen molar-refractivity contribution in [1.29, 1.82) is 0 Å². The zero-order chi connectivity index (χ0) is 11.3. The Bertz CT molecular complexity index is 312. The van der Waals surface area contributed by atoms with Gasteiger partial charge in [-0.2, -0.15) is 0 Å². The molecule has 0 aromatic carbocycles. The second-order valence-corrected chi connectivity index (χ2v) is 4.16. The Kier molecular flexibility index (Phi) is 3.89. The second kappa shape index (κ2) is 4.96. The van der Waals surface area contributed by atoms with Crippen LogP contribution in [0.25, 0.3) is 0 Å². The molecule has 0 aromatic rings. The van der Waals surface area contributed by atoms with E-state index in [0.717, 1.165) is 12.8 Å². The van der Waals surface area contributed by atoms with Crippen LogP contribution in [-0.2, 0) is 9.53 Å². The van der Waals surface area contributed by atoms with Gasteiger partial charge < -0.3 is 4.74 Å². The third-order valence-corrected chi connectivity index (χ3v) is 3.07. The average molecular weight is 206 g/mol. The molecule has 1 aliphatic rings. The summed E-state index contributed by atoms with van der Waals surface area (Å²) in [5.41, 5.74) is 1.48. The highest BCUT2D eigenvalue weighted by molar-refractivity contribution is 5.81. The highest BCUT2D eigenvalue weighted by Crippen LogP contribution is 2.37. The maximum atomic E-state index is 10.9. The number of ether oxygens (including phenoxy) is 1. The van der Waals surface area contributed by atoms with Crippen molar-refractivity contribution < 1.29 is 9.53 Å². The zero-order valence-electron chi connectivity index (χ0n) is 9.45. The molecule has 0 saturated heterocycles. The number of rotatable bonds is 4. The van der Waals surface area contributed by atoms with Crippen LogP contribution in [-0.4, -0.2) is 12.6 Å². The molecule has 0 heterocycles. The number of allylic oxidation sites excluding steroid dienone is 4. The monoisotopic (exact) mass is 206 g/mol. The van der Waals surface area contributed by atoms with Crippen LogP contribution in [0.3, 0.4) is 0 Å². The first kappa shape index (κ1) is 11.8. The van der Waals surface area contributed by atoms with Crippen molar-refractivity contribution in [2.24, 2.45) is 5.41 Å². The largest absolute Gasteiger partial charge is 0.463 e. The van der Waals surface area contributed by atoms with Gasteiger partial charge in [-0.1, -0.05) is 37.3 Å². The van der Waals surface area contributed by atoms with E-state index in [1.54, 1.807) is 0 Å². The molecular formula is C13H18O2. The van der Waals surface area contributed by atoms with Gasteiger partial charge in [-0.3, -0.25) is 0 Å². The summed E-state index contributed by atoms with van der Waals surface area (Å²) in [6.07, 6.45) is 9.43. The van der Waals surface area contributed by atoms with E-state index in [4.69, 9.17) is 4.74 Å². The van der Waals surface area contributed by atoms with Gasteiger partial charge in [0.15, 0.2) is 0 Å². The molecule has 0 spiro atoms. The van der Waals surface area contributed by atoms with Crippen LogP contribution in [0.5, 0.6) is 0 Å². The molecule has 0 fully saturated rings. The summed E-state index contributed by atoms with van der Waals surface area (Å²) in [6, 6.07) is 0. The number of hydrogen-bond acceptors (Lipinski definition) is 2. The van der Waals surface area contributed by atoms with Crippen molar-refractivity contribution in [3.05, 3.63) is 36.5 Å². The fraction of sp³-hybridized carbons (Fsp3) is 0.462. The van der Waals surface area contributed by atoms with Crippen molar-refractivity contribution >= 4 is 5.97 Å². The molecule has 82 valence electrons. The lowest BCUT2D eigenvalue weighted by molar-refractivity contribution is -0.138. The summed E-state index contributed by atoms with van der Waals surface area (Å²) >= 11 is 0. The van der Waals surface area contributed by atoms with Gasteiger partial charge in [0.2, 0.25) is 0 Å². The molecule has 0 radical (unpaired) electrons. The Hall–Kier alpha value is -1.31. The molecule has 1 unspecified atom stereocenters. The van der Waals surface area contributed by atoms with E-state index in [1.807, 2.05) is 0 Å². The first-order valence-corrected chi connectivity index (χ1v) is 5.21. The lowest BCUT2D eigenvalue weighted by Crippen LogP contribution is -2.22. The van der Waals surface area contributed by atoms with Crippen LogP contribution in [0.15, 0.2) is 36.5 Å². The minimum atomic E-state index is -0.341. The maximum Gasteiger partial charge on any atom is 0.330 e. The summed E-state index contributed by atoms with van der Waals surface area (Å²) in [7, 11) is 0. The normalized spacial score (nSPS) is 24.5. The minimum Gasteiger partial charge on any atom is -0.463 e. The molecule has 0 N–H and O–H groups in total. The first-order chi connectivity index (χ1) is 7.08. The third-order valence-electron chi connectivity index (χ3n) is 3.07. The van der Waals surface area contributed by atoms with E-state index in [9.17, 15) is 4.79 Å². The predicted octanol–water partition coefficient (Wildman–Crippen LogP) is 3.02. The van der Waals surface area contributed by atoms with Crippen LogP contribution in [0.4, 0.5) is 0 Å². The third kappa shape index (κ3) is 3.08. The molecule has 0 aromatic heterocycles. The van der Waals surface area contributed by atoms with E-state index in [-0.39, 0.29) is 11.4 Å². The van der Waals surface area contributed by atoms with Crippen LogP contribution in [0, 0.1) is 5.41 Å². The van der Waals surface area contributed by atoms with Gasteiger partial charge in [-0.05, 0) is 25.2 Å². The van der Waals surface area contributed by atoms with E-state index in [1.165, 1.54) is 11.6 Å². The van der Waals surface area contributed by atoms with E-state index >= 15 is 0 Å². The maximum absolute atomic E-state index is 10.9. The standard InChI is InChI=1S/C13H18O2/c1-4-12(14)15-10-9-13(3)8-6-5-7-11(13)2/h4-7H,1,8-10H2,2-3H3. The lowest BCUT2D eigenvalue weighted by Gasteiger charge is -2.31. The summed E-state index contributed by atoms with van der Waals surface area (Å²) in [6.45, 7) is 8.14. The highest BCUT2D eigenvalue weighted by Gasteiger charge is 2.26. The molecule has 1 aliphatic carbocycles. The quantitative estimate of drug-likeness (QED) is 0.522. The lowest BCUT2D eigenvalue weighted by atomic mass is 9.75. The Balaban J connectivity index is 2.44. The fourth-order valence-corrected chi connectivity index (χ4v) is 1.64. The molecule has 0 bridgehead atoms. The van der Waals surface area contributed by atoms with E-state index in [0.29, 0.717) is 6.61 Å². The molecule has 1 atom stereocenters. The molecule has 15 heavy (non-hydrogen) atoms. The zero-order valence-corrected chi connectivity index (χ0v) is 9.45. The van der Waals surface area contributed by atoms with Gasteiger partial charge in [0.25, 0.3) is 0 Å². The number of carbonyl (C=O) groups is 1. The van der Waals surface area contributed by atoms with Gasteiger partial charge >= 0.3 is 5.97 Å². The summed E-state index contributed by atoms with van der Waals surface area (Å²) in [4.78, 5) is 10.9. The van der Waals surface area contributed by atoms with Gasteiger partial charge in [0, 0.05) is 6.08 Å². The van der Waals surface area contributed by atoms with E-state index in [2.05, 4.69) is 38.7 Å². The number of esters is 1. The van der Waals surface area contributed by atoms with Crippen molar-refractivity contribution in [1.82, 2.24) is 0 Å². The Labute approximate surface area is 91.3 Å². The number of carbonyl (C=O) groups excluding carboxylic acids is 1. The van der Waals surface area contributed by atoms with Crippen molar-refractivity contribution in [3.63, 3.8) is 0 Å².